The van der Waals surface area contributed by atoms with E-state index in [2.05, 4.69) is 11.9 Å². The van der Waals surface area contributed by atoms with E-state index in [0.29, 0.717) is 13.2 Å². The molecule has 0 radical (unpaired) electrons. The zero-order valence-electron chi connectivity index (χ0n) is 9.49. The largest absolute Gasteiger partial charge is 0.395 e. The van der Waals surface area contributed by atoms with Gasteiger partial charge in [0, 0.05) is 25.1 Å². The summed E-state index contributed by atoms with van der Waals surface area (Å²) in [6, 6.07) is 0. The first-order valence-corrected chi connectivity index (χ1v) is 5.79. The van der Waals surface area contributed by atoms with Crippen LogP contribution in [-0.4, -0.2) is 43.5 Å². The number of hydrogen-bond acceptors (Lipinski definition) is 5. The second kappa shape index (κ2) is 6.05. The molecule has 0 fully saturated rings. The van der Waals surface area contributed by atoms with E-state index in [-0.39, 0.29) is 6.61 Å². The summed E-state index contributed by atoms with van der Waals surface area (Å²) in [6.45, 7) is 6.23. The zero-order valence-corrected chi connectivity index (χ0v) is 10.3. The van der Waals surface area contributed by atoms with Crippen molar-refractivity contribution in [3.05, 3.63) is 10.6 Å². The normalized spacial score (nSPS) is 10.7. The third kappa shape index (κ3) is 3.44. The van der Waals surface area contributed by atoms with Crippen molar-refractivity contribution in [2.45, 2.75) is 13.8 Å². The van der Waals surface area contributed by atoms with E-state index < -0.39 is 0 Å². The van der Waals surface area contributed by atoms with Gasteiger partial charge in [0.25, 0.3) is 0 Å². The van der Waals surface area contributed by atoms with Crippen LogP contribution in [0, 0.1) is 13.8 Å². The van der Waals surface area contributed by atoms with Gasteiger partial charge in [-0.1, -0.05) is 0 Å². The Bertz CT molecular complexity index is 282. The average Bonchev–Trinajstić information content (AvgIpc) is 2.54. The number of aliphatic hydroxyl groups is 1. The average molecular weight is 230 g/mol. The van der Waals surface area contributed by atoms with Crippen LogP contribution in [-0.2, 0) is 4.74 Å². The first-order chi connectivity index (χ1) is 7.19. The predicted octanol–water partition coefficient (Wildman–Crippen LogP) is 1.21. The topological polar surface area (TPSA) is 45.6 Å². The van der Waals surface area contributed by atoms with Gasteiger partial charge in [-0.15, -0.1) is 11.3 Å². The maximum atomic E-state index is 8.97. The van der Waals surface area contributed by atoms with Crippen LogP contribution in [0.25, 0.3) is 0 Å². The van der Waals surface area contributed by atoms with Crippen molar-refractivity contribution in [3.8, 4) is 0 Å². The fourth-order valence-corrected chi connectivity index (χ4v) is 2.18. The molecule has 0 aliphatic rings. The first-order valence-electron chi connectivity index (χ1n) is 4.97. The second-order valence-corrected chi connectivity index (χ2v) is 4.52. The molecule has 5 heteroatoms. The molecule has 1 heterocycles. The number of thiazole rings is 1. The van der Waals surface area contributed by atoms with E-state index in [9.17, 15) is 0 Å². The molecule has 0 saturated carbocycles. The summed E-state index contributed by atoms with van der Waals surface area (Å²) >= 11 is 1.66. The van der Waals surface area contributed by atoms with Gasteiger partial charge in [0.05, 0.1) is 18.9 Å². The molecular formula is C10H18N2O2S. The minimum absolute atomic E-state index is 0.140. The fourth-order valence-electron chi connectivity index (χ4n) is 1.22. The molecule has 0 bridgehead atoms. The Labute approximate surface area is 94.5 Å². The molecule has 1 rings (SSSR count). The summed E-state index contributed by atoms with van der Waals surface area (Å²) in [7, 11) is 1.68. The Morgan fingerprint density at radius 3 is 2.60 bits per heavy atom. The maximum absolute atomic E-state index is 8.97. The Kier molecular flexibility index (Phi) is 5.01. The van der Waals surface area contributed by atoms with E-state index in [1.165, 1.54) is 4.88 Å². The molecule has 0 amide bonds. The van der Waals surface area contributed by atoms with Crippen molar-refractivity contribution in [1.82, 2.24) is 4.98 Å². The van der Waals surface area contributed by atoms with Crippen LogP contribution in [0.15, 0.2) is 0 Å². The number of ether oxygens (including phenoxy) is 1. The van der Waals surface area contributed by atoms with Gasteiger partial charge in [-0.2, -0.15) is 0 Å². The Morgan fingerprint density at radius 1 is 1.40 bits per heavy atom. The molecule has 86 valence electrons. The number of aliphatic hydroxyl groups excluding tert-OH is 1. The standard InChI is InChI=1S/C10H18N2O2S/c1-8-9(2)15-10(11-8)12(4-6-13)5-7-14-3/h13H,4-7H2,1-3H3. The maximum Gasteiger partial charge on any atom is 0.185 e. The van der Waals surface area contributed by atoms with Crippen molar-refractivity contribution in [2.75, 3.05) is 38.3 Å². The zero-order chi connectivity index (χ0) is 11.3. The van der Waals surface area contributed by atoms with Gasteiger partial charge >= 0.3 is 0 Å². The smallest absolute Gasteiger partial charge is 0.185 e. The van der Waals surface area contributed by atoms with Gasteiger partial charge in [-0.05, 0) is 13.8 Å². The van der Waals surface area contributed by atoms with E-state index in [1.807, 2.05) is 11.8 Å². The van der Waals surface area contributed by atoms with Gasteiger partial charge in [-0.25, -0.2) is 4.98 Å². The van der Waals surface area contributed by atoms with Crippen LogP contribution in [0.2, 0.25) is 0 Å². The number of nitrogens with zero attached hydrogens (tertiary/aromatic N) is 2. The third-order valence-corrected chi connectivity index (χ3v) is 3.36. The predicted molar refractivity (Wildman–Crippen MR) is 62.8 cm³/mol. The molecule has 0 saturated heterocycles. The number of methoxy groups -OCH3 is 1. The number of anilines is 1. The Morgan fingerprint density at radius 2 is 2.13 bits per heavy atom. The molecule has 1 aromatic rings. The molecule has 0 spiro atoms. The quantitative estimate of drug-likeness (QED) is 0.798. The van der Waals surface area contributed by atoms with Gasteiger partial charge in [0.15, 0.2) is 5.13 Å². The van der Waals surface area contributed by atoms with Crippen molar-refractivity contribution in [3.63, 3.8) is 0 Å². The van der Waals surface area contributed by atoms with Crippen molar-refractivity contribution in [1.29, 1.82) is 0 Å². The van der Waals surface area contributed by atoms with Crippen molar-refractivity contribution in [2.24, 2.45) is 0 Å². The first kappa shape index (κ1) is 12.4. The second-order valence-electron chi connectivity index (χ2n) is 3.34. The molecule has 0 aliphatic carbocycles. The van der Waals surface area contributed by atoms with Crippen LogP contribution in [0.3, 0.4) is 0 Å². The Hall–Kier alpha value is -0.650. The summed E-state index contributed by atoms with van der Waals surface area (Å²) in [4.78, 5) is 7.74. The number of aromatic nitrogens is 1. The van der Waals surface area contributed by atoms with Gasteiger partial charge < -0.3 is 14.7 Å². The molecule has 1 N–H and O–H groups in total. The number of rotatable bonds is 6. The van der Waals surface area contributed by atoms with E-state index >= 15 is 0 Å². The minimum atomic E-state index is 0.140. The lowest BCUT2D eigenvalue weighted by molar-refractivity contribution is 0.203. The van der Waals surface area contributed by atoms with E-state index in [4.69, 9.17) is 9.84 Å². The van der Waals surface area contributed by atoms with Gasteiger partial charge in [-0.3, -0.25) is 0 Å². The molecular weight excluding hydrogens is 212 g/mol. The van der Waals surface area contributed by atoms with Crippen LogP contribution in [0.5, 0.6) is 0 Å². The molecule has 0 atom stereocenters. The highest BCUT2D eigenvalue weighted by Gasteiger charge is 2.11. The Balaban J connectivity index is 2.69. The molecule has 0 aromatic carbocycles. The summed E-state index contributed by atoms with van der Waals surface area (Å²) in [6.07, 6.45) is 0. The van der Waals surface area contributed by atoms with E-state index in [1.54, 1.807) is 18.4 Å². The summed E-state index contributed by atoms with van der Waals surface area (Å²) in [5.41, 5.74) is 1.07. The lowest BCUT2D eigenvalue weighted by Gasteiger charge is -2.19. The molecule has 15 heavy (non-hydrogen) atoms. The highest BCUT2D eigenvalue weighted by molar-refractivity contribution is 7.15. The summed E-state index contributed by atoms with van der Waals surface area (Å²) < 4.78 is 5.03. The van der Waals surface area contributed by atoms with Crippen LogP contribution in [0.1, 0.15) is 10.6 Å². The number of aryl methyl sites for hydroxylation is 2. The van der Waals surface area contributed by atoms with Crippen LogP contribution < -0.4 is 4.90 Å². The third-order valence-electron chi connectivity index (χ3n) is 2.22. The van der Waals surface area contributed by atoms with E-state index in [0.717, 1.165) is 17.4 Å². The molecule has 0 unspecified atom stereocenters. The van der Waals surface area contributed by atoms with Crippen LogP contribution >= 0.6 is 11.3 Å². The summed E-state index contributed by atoms with van der Waals surface area (Å²) in [5, 5.41) is 9.94. The van der Waals surface area contributed by atoms with Crippen molar-refractivity contribution < 1.29 is 9.84 Å². The minimum Gasteiger partial charge on any atom is -0.395 e. The molecule has 0 aliphatic heterocycles. The number of hydrogen-bond donors (Lipinski definition) is 1. The SMILES string of the molecule is COCCN(CCO)c1nc(C)c(C)s1. The lowest BCUT2D eigenvalue weighted by Crippen LogP contribution is -2.30. The highest BCUT2D eigenvalue weighted by atomic mass is 32.1. The van der Waals surface area contributed by atoms with Gasteiger partial charge in [0.2, 0.25) is 0 Å². The highest BCUT2D eigenvalue weighted by Crippen LogP contribution is 2.24. The summed E-state index contributed by atoms with van der Waals surface area (Å²) in [5.74, 6) is 0. The monoisotopic (exact) mass is 230 g/mol. The van der Waals surface area contributed by atoms with Crippen LogP contribution in [0.4, 0.5) is 5.13 Å². The van der Waals surface area contributed by atoms with Gasteiger partial charge in [0.1, 0.15) is 0 Å². The van der Waals surface area contributed by atoms with Crippen molar-refractivity contribution >= 4 is 16.5 Å². The lowest BCUT2D eigenvalue weighted by atomic mass is 10.4. The molecule has 4 nitrogen and oxygen atoms in total. The fraction of sp³-hybridized carbons (Fsp3) is 0.700. The molecule has 1 aromatic heterocycles.